The molecule has 5 heteroatoms. The Kier molecular flexibility index (Phi) is 4.14. The summed E-state index contributed by atoms with van der Waals surface area (Å²) in [4.78, 5) is 29.0. The average molecular weight is 336 g/mol. The van der Waals surface area contributed by atoms with Crippen molar-refractivity contribution in [3.8, 4) is 0 Å². The summed E-state index contributed by atoms with van der Waals surface area (Å²) in [5, 5.41) is 0. The number of carbonyl (C=O) groups is 2. The van der Waals surface area contributed by atoms with Crippen molar-refractivity contribution >= 4 is 17.6 Å². The third-order valence-electron chi connectivity index (χ3n) is 4.88. The van der Waals surface area contributed by atoms with Gasteiger partial charge < -0.3 is 14.5 Å². The zero-order valence-electron chi connectivity index (χ0n) is 13.9. The van der Waals surface area contributed by atoms with Crippen molar-refractivity contribution in [1.82, 2.24) is 4.90 Å². The first-order valence-electron chi connectivity index (χ1n) is 8.60. The summed E-state index contributed by atoms with van der Waals surface area (Å²) in [6.45, 7) is 2.85. The third kappa shape index (κ3) is 3.09. The molecule has 2 aromatic carbocycles. The molecule has 25 heavy (non-hydrogen) atoms. The van der Waals surface area contributed by atoms with Crippen LogP contribution < -0.4 is 4.90 Å². The summed E-state index contributed by atoms with van der Waals surface area (Å²) in [5.41, 5.74) is 2.63. The Morgan fingerprint density at radius 2 is 1.60 bits per heavy atom. The van der Waals surface area contributed by atoms with E-state index in [1.807, 2.05) is 41.3 Å². The van der Waals surface area contributed by atoms with Crippen molar-refractivity contribution in [2.45, 2.75) is 12.5 Å². The average Bonchev–Trinajstić information content (AvgIpc) is 2.68. The zero-order chi connectivity index (χ0) is 17.2. The molecule has 2 aromatic rings. The molecule has 0 radical (unpaired) electrons. The number of anilines is 1. The number of piperazine rings is 1. The Labute approximate surface area is 146 Å². The Balaban J connectivity index is 1.41. The van der Waals surface area contributed by atoms with Crippen molar-refractivity contribution < 1.29 is 14.3 Å². The van der Waals surface area contributed by atoms with Crippen LogP contribution in [0.2, 0.25) is 0 Å². The molecule has 0 unspecified atom stereocenters. The highest BCUT2D eigenvalue weighted by Gasteiger charge is 2.34. The largest absolute Gasteiger partial charge is 0.448 e. The minimum absolute atomic E-state index is 0.0874. The number of benzene rings is 2. The molecule has 1 amide bonds. The smallest absolute Gasteiger partial charge is 0.339 e. The van der Waals surface area contributed by atoms with Gasteiger partial charge in [-0.3, -0.25) is 4.79 Å². The lowest BCUT2D eigenvalue weighted by Gasteiger charge is -2.38. The molecule has 0 aromatic heterocycles. The van der Waals surface area contributed by atoms with Gasteiger partial charge in [0.05, 0.1) is 5.56 Å². The van der Waals surface area contributed by atoms with Crippen molar-refractivity contribution in [3.63, 3.8) is 0 Å². The second-order valence-electron chi connectivity index (χ2n) is 6.40. The Morgan fingerprint density at radius 1 is 0.920 bits per heavy atom. The number of amides is 1. The second kappa shape index (κ2) is 6.59. The van der Waals surface area contributed by atoms with Gasteiger partial charge in [0.1, 0.15) is 0 Å². The van der Waals surface area contributed by atoms with Crippen LogP contribution in [0.25, 0.3) is 0 Å². The van der Waals surface area contributed by atoms with Crippen molar-refractivity contribution in [3.05, 3.63) is 65.7 Å². The normalized spacial score (nSPS) is 20.0. The summed E-state index contributed by atoms with van der Waals surface area (Å²) in [6.07, 6.45) is -0.245. The number of fused-ring (bicyclic) bond motifs is 1. The number of para-hydroxylation sites is 1. The van der Waals surface area contributed by atoms with Crippen LogP contribution in [0.5, 0.6) is 0 Å². The van der Waals surface area contributed by atoms with Crippen molar-refractivity contribution in [2.75, 3.05) is 31.1 Å². The topological polar surface area (TPSA) is 49.9 Å². The van der Waals surface area contributed by atoms with Crippen molar-refractivity contribution in [1.29, 1.82) is 0 Å². The summed E-state index contributed by atoms with van der Waals surface area (Å²) in [5.74, 6) is -0.487. The van der Waals surface area contributed by atoms with Crippen LogP contribution in [0.4, 0.5) is 5.69 Å². The van der Waals surface area contributed by atoms with E-state index in [0.717, 1.165) is 18.7 Å². The van der Waals surface area contributed by atoms with Crippen LogP contribution in [0.15, 0.2) is 54.6 Å². The molecular formula is C20H20N2O3. The van der Waals surface area contributed by atoms with Gasteiger partial charge >= 0.3 is 5.97 Å². The summed E-state index contributed by atoms with van der Waals surface area (Å²) >= 11 is 0. The lowest BCUT2D eigenvalue weighted by atomic mass is 9.98. The number of hydrogen-bond donors (Lipinski definition) is 0. The van der Waals surface area contributed by atoms with E-state index in [4.69, 9.17) is 4.74 Å². The molecule has 5 nitrogen and oxygen atoms in total. The minimum Gasteiger partial charge on any atom is -0.448 e. The molecule has 0 bridgehead atoms. The number of cyclic esters (lactones) is 1. The van der Waals surface area contributed by atoms with E-state index in [9.17, 15) is 9.59 Å². The first-order chi connectivity index (χ1) is 12.2. The summed E-state index contributed by atoms with van der Waals surface area (Å²) < 4.78 is 5.40. The van der Waals surface area contributed by atoms with E-state index < -0.39 is 12.1 Å². The maximum atomic E-state index is 12.8. The highest BCUT2D eigenvalue weighted by molar-refractivity contribution is 5.95. The Hall–Kier alpha value is -2.82. The van der Waals surface area contributed by atoms with E-state index in [1.54, 1.807) is 6.07 Å². The van der Waals surface area contributed by atoms with Gasteiger partial charge in [0.25, 0.3) is 5.91 Å². The molecule has 1 atom stereocenters. The third-order valence-corrected chi connectivity index (χ3v) is 4.88. The lowest BCUT2D eigenvalue weighted by Crippen LogP contribution is -2.53. The molecule has 0 spiro atoms. The van der Waals surface area contributed by atoms with E-state index in [2.05, 4.69) is 17.0 Å². The number of carbonyl (C=O) groups excluding carboxylic acids is 2. The second-order valence-corrected chi connectivity index (χ2v) is 6.40. The fraction of sp³-hybridized carbons (Fsp3) is 0.300. The molecule has 0 saturated carbocycles. The standard InChI is InChI=1S/C20H20N2O3/c23-19(18-14-15-6-4-5-9-17(15)20(24)25-18)22-12-10-21(11-13-22)16-7-2-1-3-8-16/h1-9,18H,10-14H2/t18-/m0/s1. The number of nitrogens with zero attached hydrogens (tertiary/aromatic N) is 2. The van der Waals surface area contributed by atoms with Gasteiger partial charge in [-0.25, -0.2) is 4.79 Å². The quantitative estimate of drug-likeness (QED) is 0.788. The van der Waals surface area contributed by atoms with Gasteiger partial charge in [-0.2, -0.15) is 0 Å². The number of ether oxygens (including phenoxy) is 1. The molecule has 0 N–H and O–H groups in total. The van der Waals surface area contributed by atoms with Crippen LogP contribution in [0.3, 0.4) is 0 Å². The van der Waals surface area contributed by atoms with Crippen LogP contribution in [-0.2, 0) is 16.0 Å². The van der Waals surface area contributed by atoms with Gasteiger partial charge in [0.2, 0.25) is 0 Å². The minimum atomic E-state index is -0.703. The Bertz CT molecular complexity index is 783. The van der Waals surface area contributed by atoms with Crippen LogP contribution in [0.1, 0.15) is 15.9 Å². The van der Waals surface area contributed by atoms with Crippen LogP contribution in [-0.4, -0.2) is 49.1 Å². The molecule has 4 rings (SSSR count). The summed E-state index contributed by atoms with van der Waals surface area (Å²) in [7, 11) is 0. The predicted octanol–water partition coefficient (Wildman–Crippen LogP) is 2.12. The van der Waals surface area contributed by atoms with Crippen molar-refractivity contribution in [2.24, 2.45) is 0 Å². The Morgan fingerprint density at radius 3 is 2.36 bits per heavy atom. The molecule has 2 aliphatic heterocycles. The zero-order valence-corrected chi connectivity index (χ0v) is 13.9. The molecule has 0 aliphatic carbocycles. The molecule has 2 heterocycles. The maximum absolute atomic E-state index is 12.8. The molecule has 2 aliphatic rings. The predicted molar refractivity (Wildman–Crippen MR) is 94.6 cm³/mol. The monoisotopic (exact) mass is 336 g/mol. The van der Waals surface area contributed by atoms with Crippen LogP contribution in [0, 0.1) is 0 Å². The fourth-order valence-electron chi connectivity index (χ4n) is 3.50. The van der Waals surface area contributed by atoms with E-state index >= 15 is 0 Å². The van der Waals surface area contributed by atoms with E-state index in [1.165, 1.54) is 5.69 Å². The van der Waals surface area contributed by atoms with E-state index in [0.29, 0.717) is 25.1 Å². The first kappa shape index (κ1) is 15.7. The SMILES string of the molecule is O=C1O[C@H](C(=O)N2CCN(c3ccccc3)CC2)Cc2ccccc21. The maximum Gasteiger partial charge on any atom is 0.339 e. The number of esters is 1. The highest BCUT2D eigenvalue weighted by Crippen LogP contribution is 2.23. The molecule has 1 saturated heterocycles. The van der Waals surface area contributed by atoms with Gasteiger partial charge in [-0.1, -0.05) is 36.4 Å². The first-order valence-corrected chi connectivity index (χ1v) is 8.60. The number of rotatable bonds is 2. The van der Waals surface area contributed by atoms with E-state index in [-0.39, 0.29) is 5.91 Å². The summed E-state index contributed by atoms with van der Waals surface area (Å²) in [6, 6.07) is 17.5. The highest BCUT2D eigenvalue weighted by atomic mass is 16.5. The van der Waals surface area contributed by atoms with Gasteiger partial charge in [-0.15, -0.1) is 0 Å². The van der Waals surface area contributed by atoms with Crippen LogP contribution >= 0.6 is 0 Å². The molecule has 128 valence electrons. The van der Waals surface area contributed by atoms with Gasteiger partial charge in [0, 0.05) is 38.3 Å². The lowest BCUT2D eigenvalue weighted by molar-refractivity contribution is -0.141. The van der Waals surface area contributed by atoms with Gasteiger partial charge in [0.15, 0.2) is 6.10 Å². The fourth-order valence-corrected chi connectivity index (χ4v) is 3.50. The van der Waals surface area contributed by atoms with Gasteiger partial charge in [-0.05, 0) is 23.8 Å². The molecular weight excluding hydrogens is 316 g/mol. The number of hydrogen-bond acceptors (Lipinski definition) is 4. The molecule has 1 fully saturated rings.